The number of carbonyl (C=O) groups is 1. The number of rotatable bonds is 7. The zero-order valence-corrected chi connectivity index (χ0v) is 16.2. The third-order valence-electron chi connectivity index (χ3n) is 5.00. The minimum atomic E-state index is 0.0653. The van der Waals surface area contributed by atoms with Crippen molar-refractivity contribution in [3.63, 3.8) is 0 Å². The summed E-state index contributed by atoms with van der Waals surface area (Å²) in [7, 11) is 0. The molecule has 3 heterocycles. The van der Waals surface area contributed by atoms with Gasteiger partial charge in [-0.2, -0.15) is 5.10 Å². The molecule has 1 saturated heterocycles. The predicted molar refractivity (Wildman–Crippen MR) is 108 cm³/mol. The molecule has 1 unspecified atom stereocenters. The Morgan fingerprint density at radius 2 is 2.15 bits per heavy atom. The van der Waals surface area contributed by atoms with Crippen molar-refractivity contribution in [3.05, 3.63) is 58.3 Å². The number of ether oxygens (including phenoxy) is 1. The van der Waals surface area contributed by atoms with Gasteiger partial charge in [0.25, 0.3) is 5.91 Å². The van der Waals surface area contributed by atoms with Crippen molar-refractivity contribution in [1.29, 1.82) is 0 Å². The Kier molecular flexibility index (Phi) is 5.97. The normalized spacial score (nSPS) is 19.7. The van der Waals surface area contributed by atoms with Gasteiger partial charge in [0.2, 0.25) is 0 Å². The van der Waals surface area contributed by atoms with E-state index in [1.807, 2.05) is 30.3 Å². The van der Waals surface area contributed by atoms with Crippen LogP contribution in [0.25, 0.3) is 0 Å². The molecule has 1 aromatic heterocycles. The minimum Gasteiger partial charge on any atom is -0.377 e. The average molecular weight is 384 g/mol. The maximum Gasteiger partial charge on any atom is 0.256 e. The zero-order chi connectivity index (χ0) is 18.5. The molecule has 4 rings (SSSR count). The number of benzene rings is 1. The lowest BCUT2D eigenvalue weighted by Crippen LogP contribution is -2.40. The number of nitrogens with zero attached hydrogens (tertiary/aromatic N) is 3. The van der Waals surface area contributed by atoms with E-state index < -0.39 is 0 Å². The molecular weight excluding hydrogens is 358 g/mol. The quantitative estimate of drug-likeness (QED) is 0.736. The Bertz CT molecular complexity index is 770. The van der Waals surface area contributed by atoms with E-state index in [0.717, 1.165) is 50.2 Å². The average Bonchev–Trinajstić information content (AvgIpc) is 3.45. The van der Waals surface area contributed by atoms with Crippen LogP contribution in [0.15, 0.2) is 52.9 Å². The Morgan fingerprint density at radius 3 is 2.89 bits per heavy atom. The van der Waals surface area contributed by atoms with Gasteiger partial charge in [-0.3, -0.25) is 9.69 Å². The Hall–Kier alpha value is -2.02. The lowest BCUT2D eigenvalue weighted by atomic mass is 10.1. The Labute approximate surface area is 164 Å². The van der Waals surface area contributed by atoms with E-state index in [9.17, 15) is 4.79 Å². The molecule has 2 aliphatic rings. The lowest BCUT2D eigenvalue weighted by molar-refractivity contribution is -0.132. The first-order valence-electron chi connectivity index (χ1n) is 9.57. The predicted octanol–water partition coefficient (Wildman–Crippen LogP) is 3.37. The molecule has 142 valence electrons. The lowest BCUT2D eigenvalue weighted by Gasteiger charge is -2.25. The Morgan fingerprint density at radius 1 is 1.26 bits per heavy atom. The van der Waals surface area contributed by atoms with Gasteiger partial charge < -0.3 is 4.74 Å². The number of hydrazone groups is 1. The highest BCUT2D eigenvalue weighted by Crippen LogP contribution is 2.19. The molecule has 0 radical (unpaired) electrons. The first-order valence-corrected chi connectivity index (χ1v) is 10.5. The summed E-state index contributed by atoms with van der Waals surface area (Å²) >= 11 is 1.73. The van der Waals surface area contributed by atoms with Crippen LogP contribution in [-0.2, 0) is 16.1 Å². The van der Waals surface area contributed by atoms with Crippen LogP contribution in [0.1, 0.15) is 29.7 Å². The van der Waals surface area contributed by atoms with Crippen LogP contribution in [0, 0.1) is 0 Å². The van der Waals surface area contributed by atoms with Crippen molar-refractivity contribution < 1.29 is 9.53 Å². The van der Waals surface area contributed by atoms with Crippen molar-refractivity contribution in [2.45, 2.75) is 31.9 Å². The van der Waals surface area contributed by atoms with E-state index in [4.69, 9.17) is 4.74 Å². The van der Waals surface area contributed by atoms with Crippen molar-refractivity contribution in [3.8, 4) is 0 Å². The molecule has 0 saturated carbocycles. The van der Waals surface area contributed by atoms with Gasteiger partial charge in [-0.1, -0.05) is 36.4 Å². The minimum absolute atomic E-state index is 0.0653. The van der Waals surface area contributed by atoms with Gasteiger partial charge in [0.15, 0.2) is 0 Å². The van der Waals surface area contributed by atoms with Crippen LogP contribution in [-0.4, -0.2) is 53.9 Å². The Balaban J connectivity index is 1.40. The van der Waals surface area contributed by atoms with Crippen molar-refractivity contribution >= 4 is 23.0 Å². The van der Waals surface area contributed by atoms with Gasteiger partial charge in [0.1, 0.15) is 0 Å². The molecule has 0 bridgehead atoms. The van der Waals surface area contributed by atoms with Gasteiger partial charge in [0, 0.05) is 31.0 Å². The fourth-order valence-corrected chi connectivity index (χ4v) is 4.37. The molecule has 1 fully saturated rings. The van der Waals surface area contributed by atoms with Crippen molar-refractivity contribution in [2.75, 3.05) is 26.2 Å². The summed E-state index contributed by atoms with van der Waals surface area (Å²) in [6.45, 7) is 3.46. The van der Waals surface area contributed by atoms with Gasteiger partial charge in [-0.05, 0) is 29.9 Å². The molecule has 1 atom stereocenters. The second kappa shape index (κ2) is 8.78. The summed E-state index contributed by atoms with van der Waals surface area (Å²) in [4.78, 5) is 16.4. The molecule has 1 amide bonds. The van der Waals surface area contributed by atoms with Crippen LogP contribution < -0.4 is 0 Å². The molecule has 5 nitrogen and oxygen atoms in total. The number of hydrogen-bond donors (Lipinski definition) is 0. The highest BCUT2D eigenvalue weighted by molar-refractivity contribution is 7.09. The first-order chi connectivity index (χ1) is 13.3. The van der Waals surface area contributed by atoms with E-state index in [-0.39, 0.29) is 12.0 Å². The van der Waals surface area contributed by atoms with Crippen LogP contribution in [0.3, 0.4) is 0 Å². The highest BCUT2D eigenvalue weighted by Gasteiger charge is 2.26. The third-order valence-corrected chi connectivity index (χ3v) is 5.86. The van der Waals surface area contributed by atoms with Crippen LogP contribution >= 0.6 is 11.3 Å². The molecule has 27 heavy (non-hydrogen) atoms. The third kappa shape index (κ3) is 4.83. The topological polar surface area (TPSA) is 45.1 Å². The maximum atomic E-state index is 12.9. The second-order valence-corrected chi connectivity index (χ2v) is 8.10. The molecule has 0 N–H and O–H groups in total. The molecule has 2 aliphatic heterocycles. The summed E-state index contributed by atoms with van der Waals surface area (Å²) in [6.07, 6.45) is 3.24. The van der Waals surface area contributed by atoms with E-state index in [2.05, 4.69) is 27.5 Å². The summed E-state index contributed by atoms with van der Waals surface area (Å²) in [5, 5.41) is 8.31. The molecule has 6 heteroatoms. The van der Waals surface area contributed by atoms with Gasteiger partial charge >= 0.3 is 0 Å². The summed E-state index contributed by atoms with van der Waals surface area (Å²) in [6, 6.07) is 14.3. The molecule has 2 aromatic rings. The van der Waals surface area contributed by atoms with Gasteiger partial charge in [0.05, 0.1) is 24.9 Å². The van der Waals surface area contributed by atoms with Gasteiger partial charge in [-0.25, -0.2) is 5.01 Å². The number of thiophene rings is 1. The molecule has 1 aromatic carbocycles. The van der Waals surface area contributed by atoms with Crippen molar-refractivity contribution in [2.24, 2.45) is 5.10 Å². The molecular formula is C21H25N3O2S. The van der Waals surface area contributed by atoms with Crippen molar-refractivity contribution in [1.82, 2.24) is 9.91 Å². The molecule has 0 spiro atoms. The zero-order valence-electron chi connectivity index (χ0n) is 15.4. The first kappa shape index (κ1) is 18.3. The van der Waals surface area contributed by atoms with Crippen LogP contribution in [0.4, 0.5) is 0 Å². The monoisotopic (exact) mass is 383 g/mol. The van der Waals surface area contributed by atoms with Crippen LogP contribution in [0.2, 0.25) is 0 Å². The van der Waals surface area contributed by atoms with E-state index >= 15 is 0 Å². The largest absolute Gasteiger partial charge is 0.377 e. The fraction of sp³-hybridized carbons (Fsp3) is 0.429. The number of hydrogen-bond acceptors (Lipinski definition) is 5. The maximum absolute atomic E-state index is 12.9. The van der Waals surface area contributed by atoms with E-state index in [0.29, 0.717) is 13.1 Å². The number of carbonyl (C=O) groups excluding carboxylic acids is 1. The SMILES string of the molecule is O=C(CN(Cc1cccs1)CC1CCCO1)N1CCC(c2ccccc2)=N1. The number of amides is 1. The fourth-order valence-electron chi connectivity index (χ4n) is 3.63. The summed E-state index contributed by atoms with van der Waals surface area (Å²) in [5.41, 5.74) is 2.09. The van der Waals surface area contributed by atoms with Crippen LogP contribution in [0.5, 0.6) is 0 Å². The smallest absolute Gasteiger partial charge is 0.256 e. The van der Waals surface area contributed by atoms with E-state index in [1.54, 1.807) is 16.3 Å². The summed E-state index contributed by atoms with van der Waals surface area (Å²) in [5.74, 6) is 0.0653. The highest BCUT2D eigenvalue weighted by atomic mass is 32.1. The summed E-state index contributed by atoms with van der Waals surface area (Å²) < 4.78 is 5.79. The van der Waals surface area contributed by atoms with E-state index in [1.165, 1.54) is 4.88 Å². The molecule has 0 aliphatic carbocycles. The second-order valence-electron chi connectivity index (χ2n) is 7.06. The van der Waals surface area contributed by atoms with Gasteiger partial charge in [-0.15, -0.1) is 11.3 Å². The standard InChI is InChI=1S/C21H25N3O2S/c25-21(24-11-10-20(22-24)17-6-2-1-3-7-17)16-23(14-18-8-4-12-26-18)15-19-9-5-13-27-19/h1-3,5-7,9,13,18H,4,8,10-12,14-16H2.